The standard InChI is InChI=1S/C39H18N6/c1-19-8-11-22-25(14-19)30(28(17-40)42-4)37-32(22)36-31(29(18-41)43-5)26-15-20(2)9-12-23(26)33(36)38-34(37)24-13-10-21(3)16-27(24)35(38)39(44-6)45-7/h8-16H,1-3H3/b30-28-,31-29+. The summed E-state index contributed by atoms with van der Waals surface area (Å²) in [6, 6.07) is 22.0. The smallest absolute Gasteiger partial charge is 0.226 e. The number of hydrogen-bond donors (Lipinski definition) is 0. The van der Waals surface area contributed by atoms with E-state index in [1.54, 1.807) is 0 Å². The first kappa shape index (κ1) is 26.9. The summed E-state index contributed by atoms with van der Waals surface area (Å²) in [5.74, 6) is -0.0953. The van der Waals surface area contributed by atoms with Crippen molar-refractivity contribution < 1.29 is 0 Å². The van der Waals surface area contributed by atoms with Crippen molar-refractivity contribution in [2.45, 2.75) is 20.8 Å². The average Bonchev–Trinajstić information content (AvgIpc) is 3.65. The van der Waals surface area contributed by atoms with E-state index in [2.05, 4.69) is 31.5 Å². The van der Waals surface area contributed by atoms with Crippen molar-refractivity contribution in [3.63, 3.8) is 0 Å². The van der Waals surface area contributed by atoms with Gasteiger partial charge in [-0.1, -0.05) is 71.3 Å². The Kier molecular flexibility index (Phi) is 5.70. The molecular formula is C39H18N6. The minimum Gasteiger partial charge on any atom is -0.226 e. The van der Waals surface area contributed by atoms with Crippen LogP contribution in [0.4, 0.5) is 0 Å². The highest BCUT2D eigenvalue weighted by atomic mass is 14.9. The summed E-state index contributed by atoms with van der Waals surface area (Å²) < 4.78 is 0. The van der Waals surface area contributed by atoms with Crippen LogP contribution in [0.5, 0.6) is 0 Å². The van der Waals surface area contributed by atoms with Gasteiger partial charge >= 0.3 is 5.82 Å². The molecule has 0 radical (unpaired) electrons. The number of rotatable bonds is 0. The van der Waals surface area contributed by atoms with Gasteiger partial charge in [-0.3, -0.25) is 0 Å². The van der Waals surface area contributed by atoms with Crippen LogP contribution in [0.25, 0.3) is 69.5 Å². The number of fused-ring (bicyclic) bond motifs is 12. The third-order valence-corrected chi connectivity index (χ3v) is 8.74. The molecule has 0 saturated heterocycles. The van der Waals surface area contributed by atoms with E-state index in [1.165, 1.54) is 0 Å². The van der Waals surface area contributed by atoms with Crippen LogP contribution in [-0.2, 0) is 0 Å². The molecule has 0 unspecified atom stereocenters. The van der Waals surface area contributed by atoms with E-state index in [0.29, 0.717) is 33.4 Å². The molecule has 0 atom stereocenters. The van der Waals surface area contributed by atoms with Crippen molar-refractivity contribution in [2.75, 3.05) is 0 Å². The SMILES string of the molecule is [C-]#[N+]C([N+]#[C-])=C1c2cc(C)ccc2-c2c1c1c(c3c2/C(=C(/C#N)[N+]#[C-])c2cc(C)ccc2-3)/C(=C(\C#N)[N+]#[C-])c2cc(C)ccc2-1. The molecule has 3 aliphatic rings. The normalized spacial score (nSPS) is 14.5. The van der Waals surface area contributed by atoms with Crippen LogP contribution in [0, 0.1) is 69.7 Å². The Morgan fingerprint density at radius 2 is 0.800 bits per heavy atom. The predicted octanol–water partition coefficient (Wildman–Crippen LogP) is 9.51. The molecule has 45 heavy (non-hydrogen) atoms. The van der Waals surface area contributed by atoms with Gasteiger partial charge in [-0.25, -0.2) is 20.2 Å². The molecular weight excluding hydrogens is 552 g/mol. The fraction of sp³-hybridized carbons (Fsp3) is 0.0769. The first-order valence-electron chi connectivity index (χ1n) is 14.0. The van der Waals surface area contributed by atoms with Gasteiger partial charge in [0.1, 0.15) is 13.1 Å². The van der Waals surface area contributed by atoms with Crippen LogP contribution in [0.1, 0.15) is 50.1 Å². The largest absolute Gasteiger partial charge is 0.527 e. The summed E-state index contributed by atoms with van der Waals surface area (Å²) in [5, 5.41) is 20.6. The monoisotopic (exact) mass is 570 g/mol. The molecule has 0 heterocycles. The van der Waals surface area contributed by atoms with Gasteiger partial charge in [-0.15, -0.1) is 0 Å². The molecule has 204 valence electrons. The first-order valence-corrected chi connectivity index (χ1v) is 14.0. The van der Waals surface area contributed by atoms with E-state index < -0.39 is 0 Å². The summed E-state index contributed by atoms with van der Waals surface area (Å²) in [6.45, 7) is 37.9. The van der Waals surface area contributed by atoms with E-state index in [4.69, 9.17) is 26.3 Å². The fourth-order valence-corrected chi connectivity index (χ4v) is 7.10. The van der Waals surface area contributed by atoms with Crippen molar-refractivity contribution in [2.24, 2.45) is 0 Å². The Bertz CT molecular complexity index is 2160. The number of benzene rings is 4. The first-order chi connectivity index (χ1) is 21.8. The zero-order chi connectivity index (χ0) is 31.7. The highest BCUT2D eigenvalue weighted by Crippen LogP contribution is 2.65. The third kappa shape index (κ3) is 3.38. The van der Waals surface area contributed by atoms with Crippen molar-refractivity contribution in [3.05, 3.63) is 168 Å². The van der Waals surface area contributed by atoms with Crippen LogP contribution in [-0.4, -0.2) is 0 Å². The third-order valence-electron chi connectivity index (χ3n) is 8.74. The Labute approximate surface area is 260 Å². The Hall–Kier alpha value is -6.96. The molecule has 0 aliphatic heterocycles. The highest BCUT2D eigenvalue weighted by molar-refractivity contribution is 6.24. The molecule has 6 nitrogen and oxygen atoms in total. The molecule has 7 rings (SSSR count). The van der Waals surface area contributed by atoms with E-state index in [0.717, 1.165) is 66.8 Å². The average molecular weight is 571 g/mol. The second kappa shape index (κ2) is 9.53. The lowest BCUT2D eigenvalue weighted by molar-refractivity contribution is 1.45. The zero-order valence-corrected chi connectivity index (χ0v) is 24.4. The van der Waals surface area contributed by atoms with Gasteiger partial charge in [-0.05, 0) is 87.5 Å². The highest BCUT2D eigenvalue weighted by Gasteiger charge is 2.45. The molecule has 6 heteroatoms. The number of aryl methyl sites for hydroxylation is 3. The minimum atomic E-state index is -0.0953. The molecule has 0 saturated carbocycles. The van der Waals surface area contributed by atoms with Gasteiger partial charge < -0.3 is 0 Å². The Morgan fingerprint density at radius 3 is 1.11 bits per heavy atom. The van der Waals surface area contributed by atoms with Gasteiger partial charge in [-0.2, -0.15) is 9.69 Å². The molecule has 0 amide bonds. The van der Waals surface area contributed by atoms with Gasteiger partial charge in [0.05, 0.1) is 30.9 Å². The lowest BCUT2D eigenvalue weighted by Crippen LogP contribution is -1.98. The lowest BCUT2D eigenvalue weighted by Gasteiger charge is -2.18. The summed E-state index contributed by atoms with van der Waals surface area (Å²) in [5.41, 5.74) is 12.9. The fourth-order valence-electron chi connectivity index (χ4n) is 7.10. The van der Waals surface area contributed by atoms with Crippen molar-refractivity contribution in [1.29, 1.82) is 10.5 Å². The van der Waals surface area contributed by atoms with Crippen LogP contribution < -0.4 is 0 Å². The summed E-state index contributed by atoms with van der Waals surface area (Å²) in [7, 11) is 0. The van der Waals surface area contributed by atoms with Crippen molar-refractivity contribution >= 4 is 16.7 Å². The second-order valence-corrected chi connectivity index (χ2v) is 11.2. The number of nitrogens with zero attached hydrogens (tertiary/aromatic N) is 6. The minimum absolute atomic E-state index is 0.0769. The Morgan fingerprint density at radius 1 is 0.467 bits per heavy atom. The maximum Gasteiger partial charge on any atom is 0.527 e. The molecule has 0 aromatic heterocycles. The summed E-state index contributed by atoms with van der Waals surface area (Å²) in [4.78, 5) is 14.7. The van der Waals surface area contributed by atoms with Gasteiger partial charge in [0.25, 0.3) is 11.4 Å². The van der Waals surface area contributed by atoms with E-state index in [9.17, 15) is 10.5 Å². The van der Waals surface area contributed by atoms with E-state index in [1.807, 2.05) is 75.4 Å². The van der Waals surface area contributed by atoms with Crippen molar-refractivity contribution in [3.8, 4) is 45.5 Å². The van der Waals surface area contributed by atoms with Gasteiger partial charge in [0.15, 0.2) is 0 Å². The molecule has 0 bridgehead atoms. The van der Waals surface area contributed by atoms with E-state index in [-0.39, 0.29) is 17.2 Å². The topological polar surface area (TPSA) is 65.0 Å². The van der Waals surface area contributed by atoms with Gasteiger partial charge in [0, 0.05) is 11.1 Å². The number of allylic oxidation sites excluding steroid dienone is 2. The predicted molar refractivity (Wildman–Crippen MR) is 173 cm³/mol. The molecule has 0 spiro atoms. The second-order valence-electron chi connectivity index (χ2n) is 11.2. The van der Waals surface area contributed by atoms with Crippen LogP contribution >= 0.6 is 0 Å². The van der Waals surface area contributed by atoms with E-state index >= 15 is 0 Å². The lowest BCUT2D eigenvalue weighted by atomic mass is 9.83. The number of nitriles is 2. The molecule has 0 fully saturated rings. The van der Waals surface area contributed by atoms with Crippen LogP contribution in [0.2, 0.25) is 0 Å². The quantitative estimate of drug-likeness (QED) is 0.135. The molecule has 4 aromatic carbocycles. The van der Waals surface area contributed by atoms with Crippen LogP contribution in [0.3, 0.4) is 0 Å². The zero-order valence-electron chi connectivity index (χ0n) is 24.4. The molecule has 3 aliphatic carbocycles. The van der Waals surface area contributed by atoms with Crippen LogP contribution in [0.15, 0.2) is 71.8 Å². The number of hydrogen-bond acceptors (Lipinski definition) is 2. The van der Waals surface area contributed by atoms with Gasteiger partial charge in [0.2, 0.25) is 0 Å². The Balaban J connectivity index is 1.88. The maximum atomic E-state index is 10.3. The molecule has 4 aromatic rings. The van der Waals surface area contributed by atoms with Crippen molar-refractivity contribution in [1.82, 2.24) is 0 Å². The molecule has 0 N–H and O–H groups in total. The summed E-state index contributed by atoms with van der Waals surface area (Å²) >= 11 is 0. The summed E-state index contributed by atoms with van der Waals surface area (Å²) in [6.07, 6.45) is 0. The maximum absolute atomic E-state index is 10.3.